The number of nitrogens with zero attached hydrogens (tertiary/aromatic N) is 2. The minimum absolute atomic E-state index is 0.197. The molecule has 1 unspecified atom stereocenters. The van der Waals surface area contributed by atoms with Crippen LogP contribution in [0.15, 0.2) is 6.07 Å². The summed E-state index contributed by atoms with van der Waals surface area (Å²) in [5, 5.41) is 3.53. The van der Waals surface area contributed by atoms with Crippen LogP contribution in [0.4, 0.5) is 0 Å². The van der Waals surface area contributed by atoms with Crippen LogP contribution in [-0.2, 0) is 6.42 Å². The Bertz CT molecular complexity index is 385. The number of methoxy groups -OCH3 is 1. The Kier molecular flexibility index (Phi) is 5.08. The van der Waals surface area contributed by atoms with E-state index in [2.05, 4.69) is 43.0 Å². The summed E-state index contributed by atoms with van der Waals surface area (Å²) in [7, 11) is 1.64. The van der Waals surface area contributed by atoms with Crippen molar-refractivity contribution in [1.82, 2.24) is 15.3 Å². The van der Waals surface area contributed by atoms with Crippen molar-refractivity contribution >= 4 is 0 Å². The summed E-state index contributed by atoms with van der Waals surface area (Å²) in [4.78, 5) is 8.70. The number of likely N-dealkylation sites (N-methyl/N-ethyl adjacent to an activating group) is 1. The summed E-state index contributed by atoms with van der Waals surface area (Å²) < 4.78 is 5.19. The van der Waals surface area contributed by atoms with Crippen molar-refractivity contribution in [3.63, 3.8) is 0 Å². The number of aryl methyl sites for hydroxylation is 1. The van der Waals surface area contributed by atoms with Crippen LogP contribution in [0.1, 0.15) is 39.2 Å². The largest absolute Gasteiger partial charge is 0.481 e. The number of rotatable bonds is 5. The monoisotopic (exact) mass is 251 g/mol. The van der Waals surface area contributed by atoms with E-state index in [-0.39, 0.29) is 5.41 Å². The van der Waals surface area contributed by atoms with Gasteiger partial charge in [-0.3, -0.25) is 0 Å². The van der Waals surface area contributed by atoms with E-state index in [9.17, 15) is 0 Å². The predicted molar refractivity (Wildman–Crippen MR) is 73.9 cm³/mol. The zero-order valence-corrected chi connectivity index (χ0v) is 12.4. The summed E-state index contributed by atoms with van der Waals surface area (Å²) in [6.07, 6.45) is 0.886. The van der Waals surface area contributed by atoms with Crippen LogP contribution in [-0.4, -0.2) is 29.7 Å². The second kappa shape index (κ2) is 6.14. The Balaban J connectivity index is 2.90. The molecule has 1 heterocycles. The zero-order chi connectivity index (χ0) is 13.8. The van der Waals surface area contributed by atoms with Gasteiger partial charge in [-0.1, -0.05) is 27.7 Å². The van der Waals surface area contributed by atoms with Gasteiger partial charge in [-0.15, -0.1) is 0 Å². The molecule has 0 aliphatic carbocycles. The zero-order valence-electron chi connectivity index (χ0n) is 12.4. The van der Waals surface area contributed by atoms with Gasteiger partial charge < -0.3 is 10.1 Å². The average Bonchev–Trinajstić information content (AvgIpc) is 2.26. The van der Waals surface area contributed by atoms with E-state index in [1.54, 1.807) is 7.11 Å². The highest BCUT2D eigenvalue weighted by Crippen LogP contribution is 2.23. The topological polar surface area (TPSA) is 47.0 Å². The number of aromatic nitrogens is 2. The van der Waals surface area contributed by atoms with E-state index in [1.165, 1.54) is 0 Å². The van der Waals surface area contributed by atoms with Crippen molar-refractivity contribution in [3.8, 4) is 5.88 Å². The van der Waals surface area contributed by atoms with Gasteiger partial charge in [0.05, 0.1) is 7.11 Å². The van der Waals surface area contributed by atoms with Crippen molar-refractivity contribution in [2.45, 2.75) is 47.1 Å². The number of hydrogen-bond donors (Lipinski definition) is 1. The number of nitrogens with one attached hydrogen (secondary N) is 1. The molecule has 4 nitrogen and oxygen atoms in total. The van der Waals surface area contributed by atoms with Crippen LogP contribution >= 0.6 is 0 Å². The minimum atomic E-state index is 0.197. The molecule has 18 heavy (non-hydrogen) atoms. The summed E-state index contributed by atoms with van der Waals surface area (Å²) >= 11 is 0. The van der Waals surface area contributed by atoms with Gasteiger partial charge >= 0.3 is 0 Å². The Hall–Kier alpha value is -1.16. The maximum absolute atomic E-state index is 5.19. The third-order valence-corrected chi connectivity index (χ3v) is 2.99. The van der Waals surface area contributed by atoms with Gasteiger partial charge in [0.1, 0.15) is 5.82 Å². The van der Waals surface area contributed by atoms with Crippen molar-refractivity contribution in [2.75, 3.05) is 13.7 Å². The van der Waals surface area contributed by atoms with Gasteiger partial charge in [0.25, 0.3) is 0 Å². The standard InChI is InChI=1S/C14H25N3O/c1-7-15-12(14(3,4)5)8-11-9-13(18-6)17-10(2)16-11/h9,12,15H,7-8H2,1-6H3. The molecule has 1 rings (SSSR count). The first-order valence-electron chi connectivity index (χ1n) is 6.48. The van der Waals surface area contributed by atoms with E-state index in [4.69, 9.17) is 4.74 Å². The average molecular weight is 251 g/mol. The van der Waals surface area contributed by atoms with Gasteiger partial charge in [-0.25, -0.2) is 4.98 Å². The molecule has 0 saturated heterocycles. The summed E-state index contributed by atoms with van der Waals surface area (Å²) in [6, 6.07) is 2.31. The highest BCUT2D eigenvalue weighted by Gasteiger charge is 2.24. The highest BCUT2D eigenvalue weighted by atomic mass is 16.5. The van der Waals surface area contributed by atoms with Crippen molar-refractivity contribution in [3.05, 3.63) is 17.6 Å². The molecule has 1 aromatic rings. The normalized spacial score (nSPS) is 13.4. The molecule has 0 spiro atoms. The minimum Gasteiger partial charge on any atom is -0.481 e. The van der Waals surface area contributed by atoms with Crippen LogP contribution in [0, 0.1) is 12.3 Å². The van der Waals surface area contributed by atoms with Crippen LogP contribution < -0.4 is 10.1 Å². The Morgan fingerprint density at radius 3 is 2.50 bits per heavy atom. The Labute approximate surface area is 110 Å². The molecular weight excluding hydrogens is 226 g/mol. The number of ether oxygens (including phenoxy) is 1. The molecular formula is C14H25N3O. The first-order valence-corrected chi connectivity index (χ1v) is 6.48. The van der Waals surface area contributed by atoms with Crippen LogP contribution in [0.25, 0.3) is 0 Å². The van der Waals surface area contributed by atoms with Gasteiger partial charge in [0, 0.05) is 24.2 Å². The van der Waals surface area contributed by atoms with E-state index in [0.29, 0.717) is 11.9 Å². The second-order valence-corrected chi connectivity index (χ2v) is 5.63. The maximum atomic E-state index is 5.19. The molecule has 0 radical (unpaired) electrons. The summed E-state index contributed by atoms with van der Waals surface area (Å²) in [5.41, 5.74) is 1.22. The number of hydrogen-bond acceptors (Lipinski definition) is 4. The van der Waals surface area contributed by atoms with Gasteiger partial charge in [-0.2, -0.15) is 4.98 Å². The Morgan fingerprint density at radius 2 is 2.00 bits per heavy atom. The van der Waals surface area contributed by atoms with E-state index < -0.39 is 0 Å². The van der Waals surface area contributed by atoms with Gasteiger partial charge in [-0.05, 0) is 18.9 Å². The molecule has 102 valence electrons. The lowest BCUT2D eigenvalue weighted by Gasteiger charge is -2.31. The van der Waals surface area contributed by atoms with Crippen molar-refractivity contribution in [1.29, 1.82) is 0 Å². The molecule has 1 aromatic heterocycles. The van der Waals surface area contributed by atoms with E-state index in [0.717, 1.165) is 24.5 Å². The van der Waals surface area contributed by atoms with Crippen LogP contribution in [0.5, 0.6) is 5.88 Å². The summed E-state index contributed by atoms with van der Waals surface area (Å²) in [5.74, 6) is 1.40. The smallest absolute Gasteiger partial charge is 0.216 e. The van der Waals surface area contributed by atoms with Crippen molar-refractivity contribution < 1.29 is 4.74 Å². The molecule has 1 N–H and O–H groups in total. The summed E-state index contributed by atoms with van der Waals surface area (Å²) in [6.45, 7) is 11.7. The lowest BCUT2D eigenvalue weighted by atomic mass is 9.84. The van der Waals surface area contributed by atoms with Gasteiger partial charge in [0.15, 0.2) is 0 Å². The fourth-order valence-corrected chi connectivity index (χ4v) is 1.95. The van der Waals surface area contributed by atoms with Crippen LogP contribution in [0.3, 0.4) is 0 Å². The molecule has 0 fully saturated rings. The fraction of sp³-hybridized carbons (Fsp3) is 0.714. The SMILES string of the molecule is CCNC(Cc1cc(OC)nc(C)n1)C(C)(C)C. The molecule has 0 saturated carbocycles. The van der Waals surface area contributed by atoms with E-state index in [1.807, 2.05) is 13.0 Å². The first kappa shape index (κ1) is 14.9. The third kappa shape index (κ3) is 4.26. The quantitative estimate of drug-likeness (QED) is 0.872. The Morgan fingerprint density at radius 1 is 1.33 bits per heavy atom. The van der Waals surface area contributed by atoms with Crippen molar-refractivity contribution in [2.24, 2.45) is 5.41 Å². The lowest BCUT2D eigenvalue weighted by Crippen LogP contribution is -2.42. The molecule has 0 aromatic carbocycles. The third-order valence-electron chi connectivity index (χ3n) is 2.99. The second-order valence-electron chi connectivity index (χ2n) is 5.63. The van der Waals surface area contributed by atoms with Crippen LogP contribution in [0.2, 0.25) is 0 Å². The van der Waals surface area contributed by atoms with E-state index >= 15 is 0 Å². The molecule has 4 heteroatoms. The maximum Gasteiger partial charge on any atom is 0.216 e. The predicted octanol–water partition coefficient (Wildman–Crippen LogP) is 2.36. The first-order chi connectivity index (χ1) is 8.36. The van der Waals surface area contributed by atoms with Gasteiger partial charge in [0.2, 0.25) is 5.88 Å². The molecule has 0 aliphatic rings. The molecule has 1 atom stereocenters. The highest BCUT2D eigenvalue weighted by molar-refractivity contribution is 5.17. The molecule has 0 bridgehead atoms. The molecule has 0 amide bonds. The lowest BCUT2D eigenvalue weighted by molar-refractivity contribution is 0.268. The fourth-order valence-electron chi connectivity index (χ4n) is 1.95. The molecule has 0 aliphatic heterocycles.